The molecule has 3 heterocycles. The number of benzene rings is 1. The van der Waals surface area contributed by atoms with Crippen molar-refractivity contribution in [1.29, 1.82) is 0 Å². The van der Waals surface area contributed by atoms with E-state index in [1.54, 1.807) is 16.8 Å². The lowest BCUT2D eigenvalue weighted by molar-refractivity contribution is 0.173. The van der Waals surface area contributed by atoms with Gasteiger partial charge in [0.05, 0.1) is 6.61 Å². The summed E-state index contributed by atoms with van der Waals surface area (Å²) in [5.41, 5.74) is 0.950. The molecule has 29 heavy (non-hydrogen) atoms. The third kappa shape index (κ3) is 4.77. The van der Waals surface area contributed by atoms with Crippen LogP contribution >= 0.6 is 0 Å². The Labute approximate surface area is 169 Å². The molecular weight excluding hydrogens is 368 g/mol. The number of nitrogens with zero attached hydrogens (tertiary/aromatic N) is 2. The highest BCUT2D eigenvalue weighted by Gasteiger charge is 2.13. The molecule has 1 aliphatic heterocycles. The van der Waals surface area contributed by atoms with Crippen LogP contribution in [0.15, 0.2) is 65.6 Å². The average molecular weight is 392 g/mol. The minimum absolute atomic E-state index is 0.0432. The molecule has 4 rings (SSSR count). The Morgan fingerprint density at radius 2 is 1.83 bits per heavy atom. The van der Waals surface area contributed by atoms with E-state index >= 15 is 0 Å². The van der Waals surface area contributed by atoms with Gasteiger partial charge in [0.1, 0.15) is 11.6 Å². The molecule has 0 aliphatic carbocycles. The maximum atomic E-state index is 12.3. The first-order valence-electron chi connectivity index (χ1n) is 9.96. The van der Waals surface area contributed by atoms with E-state index < -0.39 is 0 Å². The van der Waals surface area contributed by atoms with Gasteiger partial charge in [-0.1, -0.05) is 25.0 Å². The summed E-state index contributed by atoms with van der Waals surface area (Å²) in [6, 6.07) is 16.6. The summed E-state index contributed by atoms with van der Waals surface area (Å²) in [4.78, 5) is 16.6. The van der Waals surface area contributed by atoms with Gasteiger partial charge in [-0.25, -0.2) is 4.98 Å². The highest BCUT2D eigenvalue weighted by Crippen LogP contribution is 2.35. The monoisotopic (exact) mass is 392 g/mol. The van der Waals surface area contributed by atoms with Crippen molar-refractivity contribution in [2.45, 2.75) is 32.1 Å². The summed E-state index contributed by atoms with van der Waals surface area (Å²) >= 11 is 0. The number of aryl methyl sites for hydroxylation is 1. The van der Waals surface area contributed by atoms with Gasteiger partial charge < -0.3 is 14.2 Å². The van der Waals surface area contributed by atoms with E-state index in [1.807, 2.05) is 48.5 Å². The van der Waals surface area contributed by atoms with Crippen molar-refractivity contribution < 1.29 is 14.2 Å². The van der Waals surface area contributed by atoms with Gasteiger partial charge in [-0.2, -0.15) is 0 Å². The van der Waals surface area contributed by atoms with Crippen molar-refractivity contribution in [3.63, 3.8) is 0 Å². The molecule has 0 atom stereocenters. The second-order valence-corrected chi connectivity index (χ2v) is 6.91. The predicted octanol–water partition coefficient (Wildman–Crippen LogP) is 4.14. The molecule has 0 spiro atoms. The summed E-state index contributed by atoms with van der Waals surface area (Å²) in [5, 5.41) is 0. The van der Waals surface area contributed by atoms with Crippen LogP contribution < -0.4 is 19.8 Å². The summed E-state index contributed by atoms with van der Waals surface area (Å²) in [6.07, 6.45) is 6.70. The Bertz CT molecular complexity index is 1000. The summed E-state index contributed by atoms with van der Waals surface area (Å²) in [5.74, 6) is 2.98. The molecule has 1 aromatic carbocycles. The molecule has 0 amide bonds. The van der Waals surface area contributed by atoms with E-state index in [1.165, 1.54) is 0 Å². The van der Waals surface area contributed by atoms with Gasteiger partial charge in [-0.15, -0.1) is 0 Å². The zero-order valence-corrected chi connectivity index (χ0v) is 16.3. The highest BCUT2D eigenvalue weighted by molar-refractivity contribution is 5.46. The molecule has 0 N–H and O–H groups in total. The fourth-order valence-corrected chi connectivity index (χ4v) is 3.39. The van der Waals surface area contributed by atoms with Gasteiger partial charge in [-0.05, 0) is 49.6 Å². The first kappa shape index (κ1) is 19.1. The second-order valence-electron chi connectivity index (χ2n) is 6.91. The summed E-state index contributed by atoms with van der Waals surface area (Å²) < 4.78 is 18.2. The Hall–Kier alpha value is -3.28. The SMILES string of the molecule is O=c1cccc(CCCCCCOc2ccc3c(c2)OCO3)n1-c1ccccn1. The van der Waals surface area contributed by atoms with Crippen molar-refractivity contribution in [2.24, 2.45) is 0 Å². The lowest BCUT2D eigenvalue weighted by atomic mass is 10.1. The Morgan fingerprint density at radius 3 is 2.72 bits per heavy atom. The number of hydrogen-bond acceptors (Lipinski definition) is 5. The molecule has 1 aliphatic rings. The molecule has 0 saturated heterocycles. The van der Waals surface area contributed by atoms with Crippen molar-refractivity contribution in [1.82, 2.24) is 9.55 Å². The number of pyridine rings is 2. The topological polar surface area (TPSA) is 62.6 Å². The number of unbranched alkanes of at least 4 members (excludes halogenated alkanes) is 3. The second kappa shape index (κ2) is 9.28. The van der Waals surface area contributed by atoms with Gasteiger partial charge in [0.25, 0.3) is 5.56 Å². The molecule has 0 fully saturated rings. The predicted molar refractivity (Wildman–Crippen MR) is 110 cm³/mol. The number of rotatable bonds is 9. The van der Waals surface area contributed by atoms with Crippen molar-refractivity contribution >= 4 is 0 Å². The van der Waals surface area contributed by atoms with E-state index in [2.05, 4.69) is 4.98 Å². The minimum atomic E-state index is -0.0432. The largest absolute Gasteiger partial charge is 0.493 e. The number of hydrogen-bond donors (Lipinski definition) is 0. The van der Waals surface area contributed by atoms with Gasteiger partial charge in [-0.3, -0.25) is 9.36 Å². The Morgan fingerprint density at radius 1 is 0.931 bits per heavy atom. The van der Waals surface area contributed by atoms with Crippen molar-refractivity contribution in [3.05, 3.63) is 76.8 Å². The molecule has 0 saturated carbocycles. The number of ether oxygens (including phenoxy) is 3. The van der Waals surface area contributed by atoms with Crippen LogP contribution in [0.2, 0.25) is 0 Å². The third-order valence-corrected chi connectivity index (χ3v) is 4.85. The standard InChI is InChI=1S/C23H24N2O4/c26-23-11-7-9-18(25(23)22-10-4-5-14-24-22)8-3-1-2-6-15-27-19-12-13-20-21(16-19)29-17-28-20/h4-5,7,9-14,16H,1-3,6,8,15,17H2. The van der Waals surface area contributed by atoms with Crippen LogP contribution in [0.1, 0.15) is 31.4 Å². The van der Waals surface area contributed by atoms with E-state index in [0.29, 0.717) is 12.4 Å². The van der Waals surface area contributed by atoms with E-state index in [-0.39, 0.29) is 12.4 Å². The molecule has 150 valence electrons. The van der Waals surface area contributed by atoms with Gasteiger partial charge in [0.15, 0.2) is 11.5 Å². The van der Waals surface area contributed by atoms with E-state index in [0.717, 1.165) is 55.0 Å². The number of fused-ring (bicyclic) bond motifs is 1. The van der Waals surface area contributed by atoms with Gasteiger partial charge >= 0.3 is 0 Å². The molecule has 0 radical (unpaired) electrons. The van der Waals surface area contributed by atoms with Crippen molar-refractivity contribution in [3.8, 4) is 23.1 Å². The van der Waals surface area contributed by atoms with Crippen LogP contribution in [0.25, 0.3) is 5.82 Å². The van der Waals surface area contributed by atoms with Crippen LogP contribution in [-0.2, 0) is 6.42 Å². The zero-order chi connectivity index (χ0) is 19.9. The molecular formula is C23H24N2O4. The Kier molecular flexibility index (Phi) is 6.10. The quantitative estimate of drug-likeness (QED) is 0.512. The molecule has 0 bridgehead atoms. The number of aromatic nitrogens is 2. The summed E-state index contributed by atoms with van der Waals surface area (Å²) in [7, 11) is 0. The highest BCUT2D eigenvalue weighted by atomic mass is 16.7. The van der Waals surface area contributed by atoms with E-state index in [9.17, 15) is 4.79 Å². The smallest absolute Gasteiger partial charge is 0.256 e. The normalized spacial score (nSPS) is 12.1. The van der Waals surface area contributed by atoms with Crippen LogP contribution in [0.4, 0.5) is 0 Å². The Balaban J connectivity index is 1.21. The first-order chi connectivity index (χ1) is 14.3. The fraction of sp³-hybridized carbons (Fsp3) is 0.304. The zero-order valence-electron chi connectivity index (χ0n) is 16.3. The molecule has 6 nitrogen and oxygen atoms in total. The van der Waals surface area contributed by atoms with Crippen molar-refractivity contribution in [2.75, 3.05) is 13.4 Å². The van der Waals surface area contributed by atoms with Gasteiger partial charge in [0.2, 0.25) is 6.79 Å². The molecule has 6 heteroatoms. The van der Waals surface area contributed by atoms with Crippen LogP contribution in [-0.4, -0.2) is 23.0 Å². The van der Waals surface area contributed by atoms with Crippen LogP contribution in [0.5, 0.6) is 17.2 Å². The summed E-state index contributed by atoms with van der Waals surface area (Å²) in [6.45, 7) is 0.942. The molecule has 0 unspecified atom stereocenters. The first-order valence-corrected chi connectivity index (χ1v) is 9.96. The van der Waals surface area contributed by atoms with Crippen LogP contribution in [0, 0.1) is 0 Å². The lowest BCUT2D eigenvalue weighted by Gasteiger charge is -2.11. The maximum absolute atomic E-state index is 12.3. The lowest BCUT2D eigenvalue weighted by Crippen LogP contribution is -2.21. The average Bonchev–Trinajstić information content (AvgIpc) is 3.22. The minimum Gasteiger partial charge on any atom is -0.493 e. The maximum Gasteiger partial charge on any atom is 0.256 e. The van der Waals surface area contributed by atoms with E-state index in [4.69, 9.17) is 14.2 Å². The fourth-order valence-electron chi connectivity index (χ4n) is 3.39. The molecule has 2 aromatic heterocycles. The third-order valence-electron chi connectivity index (χ3n) is 4.85. The van der Waals surface area contributed by atoms with Crippen LogP contribution in [0.3, 0.4) is 0 Å². The van der Waals surface area contributed by atoms with Gasteiger partial charge in [0, 0.05) is 24.0 Å². The molecule has 3 aromatic rings.